The lowest BCUT2D eigenvalue weighted by Gasteiger charge is -2.20. The molecule has 0 bridgehead atoms. The van der Waals surface area contributed by atoms with Gasteiger partial charge in [0, 0.05) is 25.9 Å². The number of aryl methyl sites for hydroxylation is 2. The SMILES string of the molecule is COc1cccc(C(NC(=O)CCc2ccccc2F)c2nccn2C)c1. The number of ether oxygens (including phenoxy) is 1. The fraction of sp³-hybridized carbons (Fsp3) is 0.238. The van der Waals surface area contributed by atoms with Gasteiger partial charge in [0.1, 0.15) is 23.4 Å². The van der Waals surface area contributed by atoms with Crippen molar-refractivity contribution in [2.24, 2.45) is 7.05 Å². The van der Waals surface area contributed by atoms with Crippen molar-refractivity contribution in [1.82, 2.24) is 14.9 Å². The Bertz CT molecular complexity index is 923. The van der Waals surface area contributed by atoms with Crippen LogP contribution in [-0.4, -0.2) is 22.6 Å². The van der Waals surface area contributed by atoms with Crippen LogP contribution in [0.3, 0.4) is 0 Å². The van der Waals surface area contributed by atoms with Crippen LogP contribution in [0.15, 0.2) is 60.9 Å². The second-order valence-electron chi connectivity index (χ2n) is 6.26. The maximum Gasteiger partial charge on any atom is 0.221 e. The van der Waals surface area contributed by atoms with Gasteiger partial charge >= 0.3 is 0 Å². The largest absolute Gasteiger partial charge is 0.497 e. The van der Waals surface area contributed by atoms with E-state index in [9.17, 15) is 9.18 Å². The Morgan fingerprint density at radius 3 is 2.78 bits per heavy atom. The molecular formula is C21H22FN3O2. The Balaban J connectivity index is 1.78. The molecule has 1 heterocycles. The smallest absolute Gasteiger partial charge is 0.221 e. The van der Waals surface area contributed by atoms with E-state index >= 15 is 0 Å². The quantitative estimate of drug-likeness (QED) is 0.696. The summed E-state index contributed by atoms with van der Waals surface area (Å²) in [6.07, 6.45) is 4.04. The van der Waals surface area contributed by atoms with E-state index < -0.39 is 6.04 Å². The van der Waals surface area contributed by atoms with Crippen molar-refractivity contribution in [3.63, 3.8) is 0 Å². The monoisotopic (exact) mass is 367 g/mol. The molecular weight excluding hydrogens is 345 g/mol. The molecule has 0 aliphatic carbocycles. The molecule has 0 saturated carbocycles. The van der Waals surface area contributed by atoms with Crippen LogP contribution in [-0.2, 0) is 18.3 Å². The summed E-state index contributed by atoms with van der Waals surface area (Å²) in [4.78, 5) is 17.0. The number of halogens is 1. The van der Waals surface area contributed by atoms with Gasteiger partial charge in [0.2, 0.25) is 5.91 Å². The summed E-state index contributed by atoms with van der Waals surface area (Å²) in [5, 5.41) is 3.02. The highest BCUT2D eigenvalue weighted by atomic mass is 19.1. The molecule has 1 aromatic heterocycles. The average Bonchev–Trinajstić information content (AvgIpc) is 3.11. The number of carbonyl (C=O) groups excluding carboxylic acids is 1. The maximum absolute atomic E-state index is 13.8. The van der Waals surface area contributed by atoms with E-state index in [1.54, 1.807) is 31.5 Å². The highest BCUT2D eigenvalue weighted by Gasteiger charge is 2.21. The summed E-state index contributed by atoms with van der Waals surface area (Å²) in [6.45, 7) is 0. The molecule has 0 fully saturated rings. The van der Waals surface area contributed by atoms with E-state index in [1.807, 2.05) is 42.1 Å². The first-order valence-electron chi connectivity index (χ1n) is 8.72. The minimum atomic E-state index is -0.423. The summed E-state index contributed by atoms with van der Waals surface area (Å²) >= 11 is 0. The first-order chi connectivity index (χ1) is 13.1. The molecule has 3 aromatic rings. The van der Waals surface area contributed by atoms with Gasteiger partial charge in [0.05, 0.1) is 7.11 Å². The zero-order valence-corrected chi connectivity index (χ0v) is 15.4. The number of imidazole rings is 1. The molecule has 27 heavy (non-hydrogen) atoms. The Hall–Kier alpha value is -3.15. The van der Waals surface area contributed by atoms with Gasteiger partial charge in [-0.3, -0.25) is 4.79 Å². The van der Waals surface area contributed by atoms with Crippen molar-refractivity contribution >= 4 is 5.91 Å². The van der Waals surface area contributed by atoms with Crippen molar-refractivity contribution in [1.29, 1.82) is 0 Å². The Morgan fingerprint density at radius 2 is 2.07 bits per heavy atom. The van der Waals surface area contributed by atoms with Gasteiger partial charge in [-0.25, -0.2) is 9.37 Å². The number of hydrogen-bond acceptors (Lipinski definition) is 3. The van der Waals surface area contributed by atoms with Gasteiger partial charge in [-0.05, 0) is 35.7 Å². The number of rotatable bonds is 7. The molecule has 1 N–H and O–H groups in total. The number of benzene rings is 2. The van der Waals surface area contributed by atoms with Gasteiger partial charge in [0.25, 0.3) is 0 Å². The van der Waals surface area contributed by atoms with Crippen LogP contribution in [0.2, 0.25) is 0 Å². The number of carbonyl (C=O) groups is 1. The average molecular weight is 367 g/mol. The van der Waals surface area contributed by atoms with E-state index in [-0.39, 0.29) is 18.1 Å². The van der Waals surface area contributed by atoms with Gasteiger partial charge in [-0.2, -0.15) is 0 Å². The Labute approximate surface area is 157 Å². The molecule has 0 radical (unpaired) electrons. The van der Waals surface area contributed by atoms with E-state index in [1.165, 1.54) is 6.07 Å². The molecule has 0 saturated heterocycles. The van der Waals surface area contributed by atoms with Crippen LogP contribution in [0, 0.1) is 5.82 Å². The summed E-state index contributed by atoms with van der Waals surface area (Å²) in [5.74, 6) is 0.947. The normalized spacial score (nSPS) is 11.8. The van der Waals surface area contributed by atoms with Crippen molar-refractivity contribution in [2.75, 3.05) is 7.11 Å². The standard InChI is InChI=1S/C21H22FN3O2/c1-25-13-12-23-21(25)20(16-7-5-8-17(14-16)27-2)24-19(26)11-10-15-6-3-4-9-18(15)22/h3-9,12-14,20H,10-11H2,1-2H3,(H,24,26). The molecule has 3 rings (SSSR count). The highest BCUT2D eigenvalue weighted by molar-refractivity contribution is 5.77. The third kappa shape index (κ3) is 4.53. The Morgan fingerprint density at radius 1 is 1.26 bits per heavy atom. The summed E-state index contributed by atoms with van der Waals surface area (Å²) in [6, 6.07) is 13.6. The van der Waals surface area contributed by atoms with Crippen LogP contribution >= 0.6 is 0 Å². The van der Waals surface area contributed by atoms with Crippen LogP contribution in [0.1, 0.15) is 29.4 Å². The Kier molecular flexibility index (Phi) is 5.86. The molecule has 0 aliphatic rings. The predicted molar refractivity (Wildman–Crippen MR) is 101 cm³/mol. The van der Waals surface area contributed by atoms with Crippen LogP contribution < -0.4 is 10.1 Å². The molecule has 6 heteroatoms. The molecule has 1 atom stereocenters. The second kappa shape index (κ2) is 8.49. The third-order valence-corrected chi connectivity index (χ3v) is 4.43. The van der Waals surface area contributed by atoms with Gasteiger partial charge in [0.15, 0.2) is 0 Å². The molecule has 1 unspecified atom stereocenters. The third-order valence-electron chi connectivity index (χ3n) is 4.43. The first-order valence-corrected chi connectivity index (χ1v) is 8.72. The molecule has 5 nitrogen and oxygen atoms in total. The molecule has 2 aromatic carbocycles. The van der Waals surface area contributed by atoms with Crippen molar-refractivity contribution in [3.8, 4) is 5.75 Å². The lowest BCUT2D eigenvalue weighted by Crippen LogP contribution is -2.31. The van der Waals surface area contributed by atoms with Crippen LogP contribution in [0.25, 0.3) is 0 Å². The number of hydrogen-bond donors (Lipinski definition) is 1. The zero-order valence-electron chi connectivity index (χ0n) is 15.4. The molecule has 1 amide bonds. The van der Waals surface area contributed by atoms with Crippen LogP contribution in [0.5, 0.6) is 5.75 Å². The number of aromatic nitrogens is 2. The van der Waals surface area contributed by atoms with Gasteiger partial charge in [-0.15, -0.1) is 0 Å². The lowest BCUT2D eigenvalue weighted by molar-refractivity contribution is -0.121. The van der Waals surface area contributed by atoms with Crippen LogP contribution in [0.4, 0.5) is 4.39 Å². The molecule has 0 aliphatic heterocycles. The number of methoxy groups -OCH3 is 1. The summed E-state index contributed by atoms with van der Waals surface area (Å²) < 4.78 is 20.9. The van der Waals surface area contributed by atoms with Crippen molar-refractivity contribution < 1.29 is 13.9 Å². The molecule has 0 spiro atoms. The number of nitrogens with one attached hydrogen (secondary N) is 1. The van der Waals surface area contributed by atoms with Gasteiger partial charge < -0.3 is 14.6 Å². The minimum Gasteiger partial charge on any atom is -0.497 e. The predicted octanol–water partition coefficient (Wildman–Crippen LogP) is 3.41. The zero-order chi connectivity index (χ0) is 19.2. The van der Waals surface area contributed by atoms with E-state index in [4.69, 9.17) is 4.74 Å². The summed E-state index contributed by atoms with van der Waals surface area (Å²) in [5.41, 5.74) is 1.39. The van der Waals surface area contributed by atoms with E-state index in [0.29, 0.717) is 23.6 Å². The maximum atomic E-state index is 13.8. The van der Waals surface area contributed by atoms with E-state index in [2.05, 4.69) is 10.3 Å². The van der Waals surface area contributed by atoms with Gasteiger partial charge in [-0.1, -0.05) is 30.3 Å². The first kappa shape index (κ1) is 18.6. The summed E-state index contributed by atoms with van der Waals surface area (Å²) in [7, 11) is 3.48. The van der Waals surface area contributed by atoms with E-state index in [0.717, 1.165) is 5.56 Å². The highest BCUT2D eigenvalue weighted by Crippen LogP contribution is 2.24. The fourth-order valence-corrected chi connectivity index (χ4v) is 2.96. The molecule has 140 valence electrons. The fourth-order valence-electron chi connectivity index (χ4n) is 2.96. The number of nitrogens with zero attached hydrogens (tertiary/aromatic N) is 2. The topological polar surface area (TPSA) is 56.1 Å². The van der Waals surface area contributed by atoms with Crippen molar-refractivity contribution in [2.45, 2.75) is 18.9 Å². The van der Waals surface area contributed by atoms with Crippen molar-refractivity contribution in [3.05, 3.63) is 83.7 Å². The lowest BCUT2D eigenvalue weighted by atomic mass is 10.0. The number of amides is 1. The minimum absolute atomic E-state index is 0.172. The second-order valence-corrected chi connectivity index (χ2v) is 6.26.